The average Bonchev–Trinajstić information content (AvgIpc) is 3.24. The van der Waals surface area contributed by atoms with Gasteiger partial charge < -0.3 is 13.8 Å². The summed E-state index contributed by atoms with van der Waals surface area (Å²) in [6.07, 6.45) is 2.37. The second-order valence-electron chi connectivity index (χ2n) is 5.03. The Balaban J connectivity index is 1.55. The number of halogens is 1. The second kappa shape index (κ2) is 5.30. The maximum atomic E-state index is 12.5. The van der Waals surface area contributed by atoms with Gasteiger partial charge in [-0.2, -0.15) is 0 Å². The van der Waals surface area contributed by atoms with E-state index in [1.807, 2.05) is 6.07 Å². The molecular formula is C15H11ClN2O3S. The van der Waals surface area contributed by atoms with E-state index >= 15 is 0 Å². The number of carbonyl (C=O) groups excluding carboxylic acids is 1. The zero-order chi connectivity index (χ0) is 15.1. The third-order valence-corrected chi connectivity index (χ3v) is 4.98. The first kappa shape index (κ1) is 13.6. The summed E-state index contributed by atoms with van der Waals surface area (Å²) < 4.78 is 11.2. The summed E-state index contributed by atoms with van der Waals surface area (Å²) in [5.74, 6) is 0.858. The van der Waals surface area contributed by atoms with Gasteiger partial charge in [-0.15, -0.1) is 11.3 Å². The van der Waals surface area contributed by atoms with Crippen molar-refractivity contribution in [2.45, 2.75) is 13.0 Å². The first-order valence-corrected chi connectivity index (χ1v) is 7.97. The third kappa shape index (κ3) is 2.34. The molecule has 1 aliphatic heterocycles. The highest BCUT2D eigenvalue weighted by Crippen LogP contribution is 2.31. The number of aromatic nitrogens is 1. The van der Waals surface area contributed by atoms with Crippen molar-refractivity contribution in [2.24, 2.45) is 0 Å². The van der Waals surface area contributed by atoms with Gasteiger partial charge in [0.1, 0.15) is 0 Å². The highest BCUT2D eigenvalue weighted by Gasteiger charge is 2.26. The van der Waals surface area contributed by atoms with Crippen LogP contribution in [0.4, 0.5) is 0 Å². The zero-order valence-corrected chi connectivity index (χ0v) is 13.0. The zero-order valence-electron chi connectivity index (χ0n) is 11.4. The van der Waals surface area contributed by atoms with Gasteiger partial charge in [0.05, 0.1) is 10.6 Å². The van der Waals surface area contributed by atoms with E-state index < -0.39 is 0 Å². The molecule has 3 aromatic rings. The molecule has 5 nitrogen and oxygen atoms in total. The van der Waals surface area contributed by atoms with E-state index in [4.69, 9.17) is 20.5 Å². The van der Waals surface area contributed by atoms with E-state index in [1.54, 1.807) is 40.7 Å². The Kier molecular flexibility index (Phi) is 3.28. The lowest BCUT2D eigenvalue weighted by atomic mass is 10.1. The molecule has 22 heavy (non-hydrogen) atoms. The van der Waals surface area contributed by atoms with Crippen molar-refractivity contribution < 1.29 is 13.7 Å². The molecule has 0 N–H and O–H groups in total. The third-order valence-electron chi connectivity index (χ3n) is 3.62. The van der Waals surface area contributed by atoms with E-state index in [0.29, 0.717) is 24.6 Å². The molecule has 1 aliphatic rings. The molecule has 0 aromatic carbocycles. The van der Waals surface area contributed by atoms with Crippen LogP contribution < -0.4 is 0 Å². The summed E-state index contributed by atoms with van der Waals surface area (Å²) in [6, 6.07) is 7.05. The summed E-state index contributed by atoms with van der Waals surface area (Å²) in [5, 5.41) is 3.86. The van der Waals surface area contributed by atoms with Gasteiger partial charge in [0, 0.05) is 24.0 Å². The molecule has 3 aromatic heterocycles. The summed E-state index contributed by atoms with van der Waals surface area (Å²) in [5.41, 5.74) is 1.40. The molecule has 4 heterocycles. The molecule has 0 fully saturated rings. The molecule has 0 spiro atoms. The number of carbonyl (C=O) groups is 1. The fraction of sp³-hybridized carbons (Fsp3) is 0.200. The van der Waals surface area contributed by atoms with Gasteiger partial charge in [-0.3, -0.25) is 4.79 Å². The van der Waals surface area contributed by atoms with Crippen LogP contribution >= 0.6 is 22.9 Å². The molecular weight excluding hydrogens is 324 g/mol. The normalized spacial score (nSPS) is 14.1. The van der Waals surface area contributed by atoms with Crippen LogP contribution in [0.25, 0.3) is 11.5 Å². The minimum absolute atomic E-state index is 0.144. The van der Waals surface area contributed by atoms with Crippen LogP contribution in [-0.2, 0) is 13.0 Å². The topological polar surface area (TPSA) is 59.5 Å². The van der Waals surface area contributed by atoms with Crippen molar-refractivity contribution in [1.82, 2.24) is 10.1 Å². The Hall–Kier alpha value is -2.05. The van der Waals surface area contributed by atoms with Gasteiger partial charge in [0.2, 0.25) is 5.76 Å². The van der Waals surface area contributed by atoms with Crippen molar-refractivity contribution in [3.05, 3.63) is 51.0 Å². The van der Waals surface area contributed by atoms with Crippen LogP contribution in [0, 0.1) is 0 Å². The molecule has 0 aliphatic carbocycles. The monoisotopic (exact) mass is 334 g/mol. The first-order chi connectivity index (χ1) is 10.7. The quantitative estimate of drug-likeness (QED) is 0.714. The number of hydrogen-bond donors (Lipinski definition) is 0. The number of hydrogen-bond acceptors (Lipinski definition) is 5. The van der Waals surface area contributed by atoms with E-state index in [-0.39, 0.29) is 11.6 Å². The average molecular weight is 335 g/mol. The summed E-state index contributed by atoms with van der Waals surface area (Å²) in [6.45, 7) is 1.21. The van der Waals surface area contributed by atoms with Crippen LogP contribution in [0.2, 0.25) is 4.34 Å². The van der Waals surface area contributed by atoms with Gasteiger partial charge >= 0.3 is 0 Å². The Morgan fingerprint density at radius 1 is 1.36 bits per heavy atom. The van der Waals surface area contributed by atoms with Gasteiger partial charge in [-0.1, -0.05) is 16.8 Å². The van der Waals surface area contributed by atoms with Crippen LogP contribution in [0.5, 0.6) is 0 Å². The standard InChI is InChI=1S/C15H11ClN2O3S/c16-14-6-9-8-18(4-3-13(9)22-14)15(19)10-7-12(21-17-10)11-2-1-5-20-11/h1-2,5-7H,3-4,8H2. The van der Waals surface area contributed by atoms with E-state index in [2.05, 4.69) is 5.16 Å². The molecule has 4 rings (SSSR count). The van der Waals surface area contributed by atoms with Gasteiger partial charge in [0.25, 0.3) is 5.91 Å². The number of furan rings is 1. The van der Waals surface area contributed by atoms with Gasteiger partial charge in [0.15, 0.2) is 11.5 Å². The summed E-state index contributed by atoms with van der Waals surface area (Å²) in [4.78, 5) is 15.6. The minimum atomic E-state index is -0.144. The maximum Gasteiger partial charge on any atom is 0.276 e. The van der Waals surface area contributed by atoms with Crippen molar-refractivity contribution in [1.29, 1.82) is 0 Å². The van der Waals surface area contributed by atoms with Crippen LogP contribution in [0.15, 0.2) is 39.5 Å². The van der Waals surface area contributed by atoms with Gasteiger partial charge in [-0.25, -0.2) is 0 Å². The summed E-state index contributed by atoms with van der Waals surface area (Å²) in [7, 11) is 0. The Bertz CT molecular complexity index is 822. The van der Waals surface area contributed by atoms with Crippen LogP contribution in [0.3, 0.4) is 0 Å². The highest BCUT2D eigenvalue weighted by molar-refractivity contribution is 7.16. The molecule has 1 amide bonds. The highest BCUT2D eigenvalue weighted by atomic mass is 35.5. The van der Waals surface area contributed by atoms with Crippen LogP contribution in [0.1, 0.15) is 20.9 Å². The second-order valence-corrected chi connectivity index (χ2v) is 6.80. The predicted molar refractivity (Wildman–Crippen MR) is 82.0 cm³/mol. The smallest absolute Gasteiger partial charge is 0.276 e. The van der Waals surface area contributed by atoms with Crippen LogP contribution in [-0.4, -0.2) is 22.5 Å². The lowest BCUT2D eigenvalue weighted by molar-refractivity contribution is 0.0725. The molecule has 0 radical (unpaired) electrons. The first-order valence-electron chi connectivity index (χ1n) is 6.77. The number of fused-ring (bicyclic) bond motifs is 1. The number of rotatable bonds is 2. The number of nitrogens with zero attached hydrogens (tertiary/aromatic N) is 2. The molecule has 0 unspecified atom stereocenters. The van der Waals surface area contributed by atoms with Crippen molar-refractivity contribution in [3.63, 3.8) is 0 Å². The Morgan fingerprint density at radius 2 is 2.27 bits per heavy atom. The van der Waals surface area contributed by atoms with E-state index in [1.165, 1.54) is 4.88 Å². The predicted octanol–water partition coefficient (Wildman–Crippen LogP) is 3.85. The summed E-state index contributed by atoms with van der Waals surface area (Å²) >= 11 is 7.62. The van der Waals surface area contributed by atoms with Crippen molar-refractivity contribution in [3.8, 4) is 11.5 Å². The molecule has 112 valence electrons. The molecule has 0 atom stereocenters. The molecule has 0 saturated heterocycles. The van der Waals surface area contributed by atoms with Crippen molar-refractivity contribution in [2.75, 3.05) is 6.54 Å². The molecule has 0 saturated carbocycles. The van der Waals surface area contributed by atoms with E-state index in [9.17, 15) is 4.79 Å². The lowest BCUT2D eigenvalue weighted by Crippen LogP contribution is -2.35. The SMILES string of the molecule is O=C(c1cc(-c2ccco2)on1)N1CCc2sc(Cl)cc2C1. The molecule has 0 bridgehead atoms. The lowest BCUT2D eigenvalue weighted by Gasteiger charge is -2.25. The number of thiophene rings is 1. The largest absolute Gasteiger partial charge is 0.461 e. The number of amides is 1. The fourth-order valence-corrected chi connectivity index (χ4v) is 3.84. The van der Waals surface area contributed by atoms with E-state index in [0.717, 1.165) is 16.3 Å². The maximum absolute atomic E-state index is 12.5. The Labute approximate surface area is 135 Å². The Morgan fingerprint density at radius 3 is 3.09 bits per heavy atom. The molecule has 7 heteroatoms. The van der Waals surface area contributed by atoms with Crippen molar-refractivity contribution >= 4 is 28.8 Å². The minimum Gasteiger partial charge on any atom is -0.461 e. The van der Waals surface area contributed by atoms with Gasteiger partial charge in [-0.05, 0) is 30.2 Å². The fourth-order valence-electron chi connectivity index (χ4n) is 2.54.